The normalized spacial score (nSPS) is 17.3. The summed E-state index contributed by atoms with van der Waals surface area (Å²) in [5.41, 5.74) is 4.67. The third kappa shape index (κ3) is 29.5. The zero-order valence-electron chi connectivity index (χ0n) is 37.7. The van der Waals surface area contributed by atoms with Gasteiger partial charge in [-0.05, 0) is 113 Å². The molecular weight excluding hydrogens is 785 g/mol. The molecule has 62 heavy (non-hydrogen) atoms. The minimum atomic E-state index is -0.380. The molecule has 1 saturated carbocycles. The van der Waals surface area contributed by atoms with Crippen LogP contribution in [-0.4, -0.2) is 76.7 Å². The molecule has 2 rings (SSSR count). The molecule has 0 N–H and O–H groups in total. The summed E-state index contributed by atoms with van der Waals surface area (Å²) in [4.78, 5) is 46.8. The van der Waals surface area contributed by atoms with Gasteiger partial charge >= 0.3 is 23.9 Å². The van der Waals surface area contributed by atoms with Gasteiger partial charge in [0.05, 0.1) is 39.3 Å². The van der Waals surface area contributed by atoms with Crippen LogP contribution < -0.4 is 0 Å². The van der Waals surface area contributed by atoms with E-state index in [1.807, 2.05) is 30.4 Å². The molecule has 0 bridgehead atoms. The molecular formula is C52H74O10. The van der Waals surface area contributed by atoms with E-state index in [4.69, 9.17) is 28.4 Å². The van der Waals surface area contributed by atoms with Crippen molar-refractivity contribution in [3.63, 3.8) is 0 Å². The summed E-state index contributed by atoms with van der Waals surface area (Å²) in [7, 11) is 0. The molecule has 10 heteroatoms. The molecule has 0 heterocycles. The van der Waals surface area contributed by atoms with Crippen molar-refractivity contribution in [2.75, 3.05) is 52.9 Å². The van der Waals surface area contributed by atoms with Crippen LogP contribution in [0.1, 0.15) is 123 Å². The van der Waals surface area contributed by atoms with Gasteiger partial charge in [-0.3, -0.25) is 14.4 Å². The van der Waals surface area contributed by atoms with E-state index in [1.165, 1.54) is 30.6 Å². The fraction of sp³-hybridized carbons (Fsp3) is 0.538. The van der Waals surface area contributed by atoms with E-state index < -0.39 is 0 Å². The third-order valence-corrected chi connectivity index (χ3v) is 10.1. The van der Waals surface area contributed by atoms with Gasteiger partial charge in [-0.25, -0.2) is 4.79 Å². The fourth-order valence-corrected chi connectivity index (χ4v) is 6.41. The van der Waals surface area contributed by atoms with Crippen LogP contribution in [0.5, 0.6) is 0 Å². The Morgan fingerprint density at radius 3 is 2.03 bits per heavy atom. The smallest absolute Gasteiger partial charge is 0.330 e. The lowest BCUT2D eigenvalue weighted by atomic mass is 9.77. The van der Waals surface area contributed by atoms with Gasteiger partial charge in [0.25, 0.3) is 0 Å². The van der Waals surface area contributed by atoms with Gasteiger partial charge in [0.15, 0.2) is 0 Å². The van der Waals surface area contributed by atoms with Crippen LogP contribution in [0.4, 0.5) is 0 Å². The number of carbonyl (C=O) groups is 4. The first kappa shape index (κ1) is 53.3. The monoisotopic (exact) mass is 859 g/mol. The van der Waals surface area contributed by atoms with E-state index in [0.717, 1.165) is 101 Å². The summed E-state index contributed by atoms with van der Waals surface area (Å²) in [6, 6.07) is 0. The zero-order chi connectivity index (χ0) is 44.7. The Bertz CT molecular complexity index is 1600. The Kier molecular flexibility index (Phi) is 31.7. The van der Waals surface area contributed by atoms with Crippen molar-refractivity contribution in [3.05, 3.63) is 120 Å². The van der Waals surface area contributed by atoms with E-state index >= 15 is 0 Å². The summed E-state index contributed by atoms with van der Waals surface area (Å²) in [5, 5.41) is 0. The summed E-state index contributed by atoms with van der Waals surface area (Å²) < 4.78 is 32.1. The van der Waals surface area contributed by atoms with Gasteiger partial charge in [0, 0.05) is 26.2 Å². The average Bonchev–Trinajstić information content (AvgIpc) is 3.22. The first-order valence-electron chi connectivity index (χ1n) is 22.8. The van der Waals surface area contributed by atoms with E-state index in [2.05, 4.69) is 62.1 Å². The minimum Gasteiger partial charge on any atom is -0.466 e. The van der Waals surface area contributed by atoms with Gasteiger partial charge in [0.2, 0.25) is 0 Å². The lowest BCUT2D eigenvalue weighted by Crippen LogP contribution is -2.17. The second-order valence-corrected chi connectivity index (χ2v) is 15.3. The fourth-order valence-electron chi connectivity index (χ4n) is 6.41. The van der Waals surface area contributed by atoms with Crippen molar-refractivity contribution in [1.29, 1.82) is 0 Å². The molecule has 0 saturated heterocycles. The maximum atomic E-state index is 12.8. The van der Waals surface area contributed by atoms with E-state index in [-0.39, 0.29) is 43.5 Å². The minimum absolute atomic E-state index is 0.203. The first-order chi connectivity index (χ1) is 30.3. The number of ether oxygens (including phenoxy) is 6. The zero-order valence-corrected chi connectivity index (χ0v) is 37.7. The number of hydrogen-bond donors (Lipinski definition) is 0. The molecule has 0 atom stereocenters. The quantitative estimate of drug-likeness (QED) is 0.0154. The highest BCUT2D eigenvalue weighted by atomic mass is 16.5. The predicted octanol–water partition coefficient (Wildman–Crippen LogP) is 11.2. The summed E-state index contributed by atoms with van der Waals surface area (Å²) in [6.07, 6.45) is 44.9. The van der Waals surface area contributed by atoms with Crippen molar-refractivity contribution in [2.45, 2.75) is 123 Å². The standard InChI is InChI=1S/C52H74O10/c1-4-45(42-49(48-30-23-31-48)43-52(56)62-39-22-21-36-58-34-17-7-9-19-38-60-50(54)5-2)25-13-14-28-46-26-11-10-12-27-47(41-46)29-24-40-61-51(55)32-15-20-35-57-33-16-6-8-18-37-59-44(3)53/h4-5,10-11,14-15,20-22,24,26,28-29,41-42,48H,2,6-9,12-13,16-19,23,25,27,30-40,43H2,1,3H3/b11-10+,20-15-,22-21-,28-14+,29-24-,45-4-,46-26-,47-41+,49-42+. The summed E-state index contributed by atoms with van der Waals surface area (Å²) >= 11 is 0. The molecule has 0 aromatic rings. The average molecular weight is 859 g/mol. The van der Waals surface area contributed by atoms with Crippen LogP contribution in [0, 0.1) is 5.92 Å². The Balaban J connectivity index is 1.68. The third-order valence-electron chi connectivity index (χ3n) is 10.1. The summed E-state index contributed by atoms with van der Waals surface area (Å²) in [6.45, 7) is 10.5. The number of allylic oxidation sites excluding steroid dienone is 12. The van der Waals surface area contributed by atoms with Crippen molar-refractivity contribution in [3.8, 4) is 0 Å². The van der Waals surface area contributed by atoms with Crippen molar-refractivity contribution in [1.82, 2.24) is 0 Å². The molecule has 2 aliphatic carbocycles. The molecule has 0 unspecified atom stereocenters. The van der Waals surface area contributed by atoms with Gasteiger partial charge in [-0.1, -0.05) is 110 Å². The number of esters is 4. The molecule has 10 nitrogen and oxygen atoms in total. The second-order valence-electron chi connectivity index (χ2n) is 15.3. The molecule has 0 amide bonds. The first-order valence-corrected chi connectivity index (χ1v) is 22.8. The highest BCUT2D eigenvalue weighted by Crippen LogP contribution is 2.36. The van der Waals surface area contributed by atoms with E-state index in [0.29, 0.717) is 52.0 Å². The molecule has 0 aliphatic heterocycles. The van der Waals surface area contributed by atoms with Crippen LogP contribution in [0.2, 0.25) is 0 Å². The molecule has 2 aliphatic rings. The van der Waals surface area contributed by atoms with Gasteiger partial charge < -0.3 is 28.4 Å². The number of unbranched alkanes of at least 4 members (excludes halogenated alkanes) is 6. The van der Waals surface area contributed by atoms with Crippen molar-refractivity contribution < 1.29 is 47.6 Å². The summed E-state index contributed by atoms with van der Waals surface area (Å²) in [5.74, 6) is -0.659. The van der Waals surface area contributed by atoms with Crippen LogP contribution in [0.15, 0.2) is 120 Å². The second kappa shape index (κ2) is 36.8. The maximum Gasteiger partial charge on any atom is 0.330 e. The Labute approximate surface area is 372 Å². The molecule has 342 valence electrons. The lowest BCUT2D eigenvalue weighted by molar-refractivity contribution is -0.142. The van der Waals surface area contributed by atoms with E-state index in [1.54, 1.807) is 6.08 Å². The van der Waals surface area contributed by atoms with Crippen LogP contribution in [-0.2, 0) is 47.6 Å². The maximum absolute atomic E-state index is 12.8. The van der Waals surface area contributed by atoms with Crippen LogP contribution in [0.25, 0.3) is 0 Å². The SMILES string of the molecule is C=CC(=O)OCCCCCCOC/C=C\COC(=O)C/C(=C\C(=C/C)CC/C=C/C1=C/C=C/CCC(/C=C\COC(=O)C/C=C\COCCCCCCOC(C)=O)=C\1)C1CCC1. The highest BCUT2D eigenvalue weighted by molar-refractivity contribution is 5.81. The van der Waals surface area contributed by atoms with Gasteiger partial charge in [-0.2, -0.15) is 0 Å². The predicted molar refractivity (Wildman–Crippen MR) is 247 cm³/mol. The molecule has 0 radical (unpaired) electrons. The molecule has 1 fully saturated rings. The largest absolute Gasteiger partial charge is 0.466 e. The Hall–Kier alpha value is -4.80. The molecule has 0 aromatic heterocycles. The van der Waals surface area contributed by atoms with E-state index in [9.17, 15) is 19.2 Å². The van der Waals surface area contributed by atoms with Crippen LogP contribution in [0.3, 0.4) is 0 Å². The van der Waals surface area contributed by atoms with Gasteiger partial charge in [0.1, 0.15) is 13.2 Å². The Morgan fingerprint density at radius 2 is 1.37 bits per heavy atom. The molecule has 0 spiro atoms. The Morgan fingerprint density at radius 1 is 0.726 bits per heavy atom. The van der Waals surface area contributed by atoms with Crippen molar-refractivity contribution in [2.24, 2.45) is 5.92 Å². The van der Waals surface area contributed by atoms with Gasteiger partial charge in [-0.15, -0.1) is 0 Å². The van der Waals surface area contributed by atoms with Crippen molar-refractivity contribution >= 4 is 23.9 Å². The number of rotatable bonds is 34. The number of hydrogen-bond acceptors (Lipinski definition) is 10. The molecule has 0 aromatic carbocycles. The lowest BCUT2D eigenvalue weighted by Gasteiger charge is -2.28. The highest BCUT2D eigenvalue weighted by Gasteiger charge is 2.24. The van der Waals surface area contributed by atoms with Crippen LogP contribution >= 0.6 is 0 Å². The number of carbonyl (C=O) groups excluding carboxylic acids is 4. The topological polar surface area (TPSA) is 124 Å².